The van der Waals surface area contributed by atoms with Gasteiger partial charge < -0.3 is 10.1 Å². The number of aromatic amines is 1. The summed E-state index contributed by atoms with van der Waals surface area (Å²) in [4.78, 5) is 18.8. The SMILES string of the molecule is O=C1c2c[nH]cc2C(O)c2cccnc21. The van der Waals surface area contributed by atoms with E-state index in [1.807, 2.05) is 0 Å². The number of ketones is 1. The highest BCUT2D eigenvalue weighted by atomic mass is 16.3. The summed E-state index contributed by atoms with van der Waals surface area (Å²) >= 11 is 0. The number of H-pyrrole nitrogens is 1. The normalized spacial score (nSPS) is 18.5. The summed E-state index contributed by atoms with van der Waals surface area (Å²) in [7, 11) is 0. The lowest BCUT2D eigenvalue weighted by Crippen LogP contribution is -2.18. The van der Waals surface area contributed by atoms with Crippen molar-refractivity contribution in [3.63, 3.8) is 0 Å². The van der Waals surface area contributed by atoms with E-state index in [1.165, 1.54) is 0 Å². The fourth-order valence-electron chi connectivity index (χ4n) is 1.92. The summed E-state index contributed by atoms with van der Waals surface area (Å²) in [5.74, 6) is -0.132. The molecule has 15 heavy (non-hydrogen) atoms. The van der Waals surface area contributed by atoms with Gasteiger partial charge in [0.2, 0.25) is 5.78 Å². The topological polar surface area (TPSA) is 66.0 Å². The van der Waals surface area contributed by atoms with Gasteiger partial charge in [-0.2, -0.15) is 0 Å². The first-order valence-electron chi connectivity index (χ1n) is 4.63. The molecule has 0 bridgehead atoms. The van der Waals surface area contributed by atoms with Crippen LogP contribution in [0.2, 0.25) is 0 Å². The molecule has 2 N–H and O–H groups in total. The summed E-state index contributed by atoms with van der Waals surface area (Å²) in [6.45, 7) is 0. The second-order valence-electron chi connectivity index (χ2n) is 3.50. The zero-order valence-corrected chi connectivity index (χ0v) is 7.77. The molecule has 0 amide bonds. The van der Waals surface area contributed by atoms with Crippen LogP contribution in [0.1, 0.15) is 33.3 Å². The van der Waals surface area contributed by atoms with E-state index in [-0.39, 0.29) is 5.78 Å². The van der Waals surface area contributed by atoms with Crippen LogP contribution in [0.3, 0.4) is 0 Å². The standard InChI is InChI=1S/C11H8N2O2/c14-10-6-2-1-3-13-9(6)11(15)8-5-12-4-7(8)10/h1-5,10,12,14H. The Bertz CT molecular complexity index is 545. The van der Waals surface area contributed by atoms with Crippen LogP contribution in [0.4, 0.5) is 0 Å². The van der Waals surface area contributed by atoms with Crippen LogP contribution >= 0.6 is 0 Å². The van der Waals surface area contributed by atoms with Gasteiger partial charge in [-0.3, -0.25) is 9.78 Å². The number of aliphatic hydroxyl groups excluding tert-OH is 1. The molecule has 1 unspecified atom stereocenters. The van der Waals surface area contributed by atoms with Gasteiger partial charge in [-0.25, -0.2) is 0 Å². The Morgan fingerprint density at radius 3 is 3.07 bits per heavy atom. The fraction of sp³-hybridized carbons (Fsp3) is 0.0909. The fourth-order valence-corrected chi connectivity index (χ4v) is 1.92. The average Bonchev–Trinajstić information content (AvgIpc) is 2.75. The van der Waals surface area contributed by atoms with Crippen molar-refractivity contribution in [3.05, 3.63) is 53.1 Å². The van der Waals surface area contributed by atoms with Gasteiger partial charge in [-0.1, -0.05) is 6.07 Å². The number of nitrogens with one attached hydrogen (secondary N) is 1. The third kappa shape index (κ3) is 0.993. The molecule has 0 saturated carbocycles. The van der Waals surface area contributed by atoms with E-state index in [1.54, 1.807) is 30.7 Å². The second-order valence-corrected chi connectivity index (χ2v) is 3.50. The van der Waals surface area contributed by atoms with Crippen molar-refractivity contribution < 1.29 is 9.90 Å². The van der Waals surface area contributed by atoms with Crippen LogP contribution in [0.25, 0.3) is 0 Å². The summed E-state index contributed by atoms with van der Waals surface area (Å²) in [6, 6.07) is 3.44. The molecule has 0 spiro atoms. The maximum atomic E-state index is 11.9. The van der Waals surface area contributed by atoms with Crippen LogP contribution in [0.5, 0.6) is 0 Å². The molecule has 0 radical (unpaired) electrons. The minimum absolute atomic E-state index is 0.132. The molecule has 2 aromatic heterocycles. The number of aromatic nitrogens is 2. The van der Waals surface area contributed by atoms with E-state index >= 15 is 0 Å². The largest absolute Gasteiger partial charge is 0.383 e. The third-order valence-corrected chi connectivity index (χ3v) is 2.67. The summed E-state index contributed by atoms with van der Waals surface area (Å²) in [6.07, 6.45) is 4.04. The number of fused-ring (bicyclic) bond motifs is 2. The summed E-state index contributed by atoms with van der Waals surface area (Å²) in [5.41, 5.74) is 2.06. The van der Waals surface area contributed by atoms with E-state index in [4.69, 9.17) is 0 Å². The highest BCUT2D eigenvalue weighted by Gasteiger charge is 2.31. The summed E-state index contributed by atoms with van der Waals surface area (Å²) < 4.78 is 0. The van der Waals surface area contributed by atoms with Crippen molar-refractivity contribution >= 4 is 5.78 Å². The highest BCUT2D eigenvalue weighted by Crippen LogP contribution is 2.33. The monoisotopic (exact) mass is 200 g/mol. The molecule has 4 heteroatoms. The zero-order chi connectivity index (χ0) is 10.4. The molecule has 1 atom stereocenters. The van der Waals surface area contributed by atoms with E-state index in [9.17, 15) is 9.90 Å². The van der Waals surface area contributed by atoms with Crippen molar-refractivity contribution in [1.29, 1.82) is 0 Å². The van der Waals surface area contributed by atoms with Gasteiger partial charge in [-0.15, -0.1) is 0 Å². The van der Waals surface area contributed by atoms with Crippen LogP contribution in [-0.4, -0.2) is 20.9 Å². The Balaban J connectivity index is 2.31. The predicted octanol–water partition coefficient (Wildman–Crippen LogP) is 1.04. The van der Waals surface area contributed by atoms with Crippen molar-refractivity contribution in [3.8, 4) is 0 Å². The van der Waals surface area contributed by atoms with Crippen molar-refractivity contribution in [1.82, 2.24) is 9.97 Å². The van der Waals surface area contributed by atoms with E-state index in [0.717, 1.165) is 0 Å². The Morgan fingerprint density at radius 1 is 1.33 bits per heavy atom. The molecule has 0 fully saturated rings. The Kier molecular flexibility index (Phi) is 1.55. The van der Waals surface area contributed by atoms with Crippen molar-refractivity contribution in [2.75, 3.05) is 0 Å². The lowest BCUT2D eigenvalue weighted by molar-refractivity contribution is 0.101. The van der Waals surface area contributed by atoms with Crippen LogP contribution in [0.15, 0.2) is 30.7 Å². The van der Waals surface area contributed by atoms with Gasteiger partial charge in [0.05, 0.1) is 0 Å². The summed E-state index contributed by atoms with van der Waals surface area (Å²) in [5, 5.41) is 10.0. The molecule has 4 nitrogen and oxygen atoms in total. The van der Waals surface area contributed by atoms with Gasteiger partial charge in [0, 0.05) is 35.3 Å². The molecule has 2 heterocycles. The van der Waals surface area contributed by atoms with Crippen molar-refractivity contribution in [2.24, 2.45) is 0 Å². The third-order valence-electron chi connectivity index (χ3n) is 2.67. The number of pyridine rings is 1. The lowest BCUT2D eigenvalue weighted by Gasteiger charge is -2.19. The number of rotatable bonds is 0. The zero-order valence-electron chi connectivity index (χ0n) is 7.77. The quantitative estimate of drug-likeness (QED) is 0.667. The first-order valence-corrected chi connectivity index (χ1v) is 4.63. The van der Waals surface area contributed by atoms with Gasteiger partial charge in [0.25, 0.3) is 0 Å². The smallest absolute Gasteiger partial charge is 0.213 e. The lowest BCUT2D eigenvalue weighted by atomic mass is 9.89. The number of nitrogens with zero attached hydrogens (tertiary/aromatic N) is 1. The van der Waals surface area contributed by atoms with Gasteiger partial charge in [0.15, 0.2) is 0 Å². The molecule has 0 aliphatic heterocycles. The molecule has 1 aliphatic carbocycles. The molecule has 1 aliphatic rings. The number of aliphatic hydroxyl groups is 1. The Labute approximate surface area is 85.6 Å². The molecular weight excluding hydrogens is 192 g/mol. The van der Waals surface area contributed by atoms with E-state index < -0.39 is 6.10 Å². The van der Waals surface area contributed by atoms with Crippen LogP contribution in [0, 0.1) is 0 Å². The Hall–Kier alpha value is -1.94. The molecule has 0 saturated heterocycles. The Morgan fingerprint density at radius 2 is 2.20 bits per heavy atom. The number of carbonyl (C=O) groups excluding carboxylic acids is 1. The van der Waals surface area contributed by atoms with Crippen LogP contribution < -0.4 is 0 Å². The maximum absolute atomic E-state index is 11.9. The number of hydrogen-bond donors (Lipinski definition) is 2. The molecular formula is C11H8N2O2. The van der Waals surface area contributed by atoms with E-state index in [0.29, 0.717) is 22.4 Å². The first kappa shape index (κ1) is 8.38. The number of hydrogen-bond acceptors (Lipinski definition) is 3. The molecule has 0 aromatic carbocycles. The van der Waals surface area contributed by atoms with Crippen molar-refractivity contribution in [2.45, 2.75) is 6.10 Å². The van der Waals surface area contributed by atoms with Gasteiger partial charge >= 0.3 is 0 Å². The minimum atomic E-state index is -0.757. The molecule has 74 valence electrons. The second kappa shape index (κ2) is 2.77. The van der Waals surface area contributed by atoms with Gasteiger partial charge in [0.1, 0.15) is 11.8 Å². The highest BCUT2D eigenvalue weighted by molar-refractivity contribution is 6.11. The molecule has 3 rings (SSSR count). The van der Waals surface area contributed by atoms with Gasteiger partial charge in [-0.05, 0) is 6.07 Å². The average molecular weight is 200 g/mol. The maximum Gasteiger partial charge on any atom is 0.213 e. The van der Waals surface area contributed by atoms with Crippen LogP contribution in [-0.2, 0) is 0 Å². The molecule has 2 aromatic rings. The minimum Gasteiger partial charge on any atom is -0.383 e. The first-order chi connectivity index (χ1) is 7.29. The van der Waals surface area contributed by atoms with E-state index in [2.05, 4.69) is 9.97 Å². The number of carbonyl (C=O) groups is 1. The predicted molar refractivity (Wildman–Crippen MR) is 52.5 cm³/mol.